The summed E-state index contributed by atoms with van der Waals surface area (Å²) in [6, 6.07) is 2.23. The van der Waals surface area contributed by atoms with Gasteiger partial charge in [0.1, 0.15) is 23.8 Å². The molecule has 0 aliphatic rings. The minimum absolute atomic E-state index is 0.0347. The van der Waals surface area contributed by atoms with Gasteiger partial charge >= 0.3 is 0 Å². The smallest absolute Gasteiger partial charge is 0.148 e. The highest BCUT2D eigenvalue weighted by molar-refractivity contribution is 9.10. The predicted molar refractivity (Wildman–Crippen MR) is 64.1 cm³/mol. The maximum Gasteiger partial charge on any atom is 0.148 e. The van der Waals surface area contributed by atoms with E-state index in [0.29, 0.717) is 10.3 Å². The summed E-state index contributed by atoms with van der Waals surface area (Å²) in [6.45, 7) is 1.50. The number of hydrogen-bond donors (Lipinski definition) is 1. The van der Waals surface area contributed by atoms with Gasteiger partial charge in [0.15, 0.2) is 0 Å². The molecule has 0 fully saturated rings. The van der Waals surface area contributed by atoms with E-state index in [1.807, 2.05) is 0 Å². The van der Waals surface area contributed by atoms with Crippen LogP contribution in [0.3, 0.4) is 0 Å². The van der Waals surface area contributed by atoms with E-state index in [1.54, 1.807) is 0 Å². The summed E-state index contributed by atoms with van der Waals surface area (Å²) in [5.74, 6) is -0.629. The summed E-state index contributed by atoms with van der Waals surface area (Å²) in [6.07, 6.45) is 2.83. The molecule has 0 saturated heterocycles. The van der Waals surface area contributed by atoms with Gasteiger partial charge in [-0.2, -0.15) is 0 Å². The maximum absolute atomic E-state index is 13.6. The lowest BCUT2D eigenvalue weighted by Gasteiger charge is -2.09. The molecule has 2 aromatic rings. The fourth-order valence-corrected chi connectivity index (χ4v) is 1.59. The van der Waals surface area contributed by atoms with Gasteiger partial charge in [-0.25, -0.2) is 18.7 Å². The van der Waals surface area contributed by atoms with Crippen molar-refractivity contribution < 1.29 is 8.78 Å². The third-order valence-electron chi connectivity index (χ3n) is 2.17. The van der Waals surface area contributed by atoms with E-state index in [9.17, 15) is 8.78 Å². The molecule has 0 saturated carbocycles. The van der Waals surface area contributed by atoms with Gasteiger partial charge in [-0.3, -0.25) is 0 Å². The molecule has 88 valence electrons. The minimum atomic E-state index is -0.533. The van der Waals surface area contributed by atoms with Crippen molar-refractivity contribution in [3.8, 4) is 0 Å². The lowest BCUT2D eigenvalue weighted by Crippen LogP contribution is -1.99. The molecule has 0 bridgehead atoms. The Kier molecular flexibility index (Phi) is 3.33. The number of halogens is 3. The van der Waals surface area contributed by atoms with Gasteiger partial charge in [0.2, 0.25) is 0 Å². The Balaban J connectivity index is 2.37. The zero-order valence-electron chi connectivity index (χ0n) is 8.84. The first kappa shape index (κ1) is 11.9. The van der Waals surface area contributed by atoms with Crippen LogP contribution in [0.5, 0.6) is 0 Å². The van der Waals surface area contributed by atoms with Crippen LogP contribution >= 0.6 is 15.9 Å². The highest BCUT2D eigenvalue weighted by Crippen LogP contribution is 2.25. The van der Waals surface area contributed by atoms with Crippen molar-refractivity contribution in [2.24, 2.45) is 0 Å². The van der Waals surface area contributed by atoms with Crippen LogP contribution in [0.4, 0.5) is 20.3 Å². The van der Waals surface area contributed by atoms with E-state index in [0.717, 1.165) is 12.1 Å². The van der Waals surface area contributed by atoms with Crippen LogP contribution in [0, 0.1) is 18.6 Å². The number of anilines is 2. The molecule has 0 aliphatic heterocycles. The fourth-order valence-electron chi connectivity index (χ4n) is 1.27. The summed E-state index contributed by atoms with van der Waals surface area (Å²) < 4.78 is 27.4. The Morgan fingerprint density at radius 3 is 2.71 bits per heavy atom. The number of aryl methyl sites for hydroxylation is 1. The summed E-state index contributed by atoms with van der Waals surface area (Å²) in [7, 11) is 0. The van der Waals surface area contributed by atoms with Crippen LogP contribution in [0.2, 0.25) is 0 Å². The molecule has 3 nitrogen and oxygen atoms in total. The zero-order chi connectivity index (χ0) is 12.4. The largest absolute Gasteiger partial charge is 0.337 e. The van der Waals surface area contributed by atoms with Gasteiger partial charge in [-0.1, -0.05) is 0 Å². The standard InChI is InChI=1S/C11H8BrF2N3/c1-6-2-9(14)10(3-8(6)13)17-11-7(12)4-15-5-16-11/h2-5H,1H3,(H,15,16,17). The van der Waals surface area contributed by atoms with Gasteiger partial charge in [0.25, 0.3) is 0 Å². The van der Waals surface area contributed by atoms with Gasteiger partial charge in [0.05, 0.1) is 10.2 Å². The van der Waals surface area contributed by atoms with Crippen molar-refractivity contribution in [2.45, 2.75) is 6.92 Å². The van der Waals surface area contributed by atoms with Crippen molar-refractivity contribution in [1.29, 1.82) is 0 Å². The second kappa shape index (κ2) is 4.75. The molecule has 1 heterocycles. The molecule has 0 spiro atoms. The monoisotopic (exact) mass is 299 g/mol. The molecule has 17 heavy (non-hydrogen) atoms. The topological polar surface area (TPSA) is 37.8 Å². The first-order valence-electron chi connectivity index (χ1n) is 4.76. The Morgan fingerprint density at radius 1 is 1.24 bits per heavy atom. The maximum atomic E-state index is 13.6. The molecule has 6 heteroatoms. The molecule has 0 aliphatic carbocycles. The molecule has 0 amide bonds. The lowest BCUT2D eigenvalue weighted by atomic mass is 10.2. The molecule has 1 N–H and O–H groups in total. The molecule has 2 rings (SSSR count). The highest BCUT2D eigenvalue weighted by atomic mass is 79.9. The third kappa shape index (κ3) is 2.58. The van der Waals surface area contributed by atoms with E-state index >= 15 is 0 Å². The van der Waals surface area contributed by atoms with Crippen LogP contribution in [0.15, 0.2) is 29.1 Å². The molecular weight excluding hydrogens is 292 g/mol. The van der Waals surface area contributed by atoms with E-state index in [-0.39, 0.29) is 11.3 Å². The van der Waals surface area contributed by atoms with Gasteiger partial charge in [-0.15, -0.1) is 0 Å². The van der Waals surface area contributed by atoms with Crippen LogP contribution in [-0.2, 0) is 0 Å². The molecular formula is C11H8BrF2N3. The summed E-state index contributed by atoms with van der Waals surface area (Å²) in [5, 5.41) is 2.70. The van der Waals surface area contributed by atoms with Crippen molar-refractivity contribution in [3.63, 3.8) is 0 Å². The molecule has 0 atom stereocenters. The molecule has 0 radical (unpaired) electrons. The van der Waals surface area contributed by atoms with E-state index in [2.05, 4.69) is 31.2 Å². The Bertz CT molecular complexity index is 560. The van der Waals surface area contributed by atoms with E-state index < -0.39 is 11.6 Å². The number of benzene rings is 1. The second-order valence-electron chi connectivity index (χ2n) is 3.43. The normalized spacial score (nSPS) is 10.4. The van der Waals surface area contributed by atoms with Crippen molar-refractivity contribution in [3.05, 3.63) is 46.3 Å². The van der Waals surface area contributed by atoms with Gasteiger partial charge in [0, 0.05) is 12.3 Å². The average Bonchev–Trinajstić information content (AvgIpc) is 2.29. The summed E-state index contributed by atoms with van der Waals surface area (Å²) in [4.78, 5) is 7.68. The lowest BCUT2D eigenvalue weighted by molar-refractivity contribution is 0.595. The van der Waals surface area contributed by atoms with Crippen molar-refractivity contribution in [1.82, 2.24) is 9.97 Å². The Hall–Kier alpha value is -1.56. The van der Waals surface area contributed by atoms with Gasteiger partial charge < -0.3 is 5.32 Å². The van der Waals surface area contributed by atoms with Crippen molar-refractivity contribution >= 4 is 27.4 Å². The SMILES string of the molecule is Cc1cc(F)c(Nc2ncncc2Br)cc1F. The van der Waals surface area contributed by atoms with Crippen LogP contribution in [0.1, 0.15) is 5.56 Å². The average molecular weight is 300 g/mol. The number of nitrogens with zero attached hydrogens (tertiary/aromatic N) is 2. The summed E-state index contributed by atoms with van der Waals surface area (Å²) in [5.41, 5.74) is 0.294. The molecule has 1 aromatic carbocycles. The van der Waals surface area contributed by atoms with Crippen LogP contribution in [0.25, 0.3) is 0 Å². The summed E-state index contributed by atoms with van der Waals surface area (Å²) >= 11 is 3.21. The first-order valence-corrected chi connectivity index (χ1v) is 5.55. The number of hydrogen-bond acceptors (Lipinski definition) is 3. The highest BCUT2D eigenvalue weighted by Gasteiger charge is 2.09. The Morgan fingerprint density at radius 2 is 2.00 bits per heavy atom. The second-order valence-corrected chi connectivity index (χ2v) is 4.28. The molecule has 0 unspecified atom stereocenters. The molecule has 1 aromatic heterocycles. The fraction of sp³-hybridized carbons (Fsp3) is 0.0909. The third-order valence-corrected chi connectivity index (χ3v) is 2.75. The first-order chi connectivity index (χ1) is 8.08. The van der Waals surface area contributed by atoms with Gasteiger partial charge in [-0.05, 0) is 34.5 Å². The van der Waals surface area contributed by atoms with E-state index in [1.165, 1.54) is 19.4 Å². The number of nitrogens with one attached hydrogen (secondary N) is 1. The quantitative estimate of drug-likeness (QED) is 0.921. The van der Waals surface area contributed by atoms with Crippen LogP contribution < -0.4 is 5.32 Å². The number of rotatable bonds is 2. The van der Waals surface area contributed by atoms with Crippen LogP contribution in [-0.4, -0.2) is 9.97 Å². The predicted octanol–water partition coefficient (Wildman–Crippen LogP) is 3.57. The Labute approximate surface area is 105 Å². The number of aromatic nitrogens is 2. The minimum Gasteiger partial charge on any atom is -0.337 e. The van der Waals surface area contributed by atoms with E-state index in [4.69, 9.17) is 0 Å². The zero-order valence-corrected chi connectivity index (χ0v) is 10.4. The van der Waals surface area contributed by atoms with Crippen molar-refractivity contribution in [2.75, 3.05) is 5.32 Å².